The summed E-state index contributed by atoms with van der Waals surface area (Å²) in [6.45, 7) is 12.3. The van der Waals surface area contributed by atoms with Crippen molar-refractivity contribution in [2.45, 2.75) is 46.7 Å². The molecule has 152 valence electrons. The van der Waals surface area contributed by atoms with Gasteiger partial charge in [0.1, 0.15) is 12.4 Å². The molecule has 1 amide bonds. The highest BCUT2D eigenvalue weighted by Gasteiger charge is 2.14. The fourth-order valence-electron chi connectivity index (χ4n) is 2.32. The lowest BCUT2D eigenvalue weighted by atomic mass is 10.1. The number of aliphatic imine (C=N–C) groups is 1. The first-order valence-electron chi connectivity index (χ1n) is 9.30. The molecule has 0 saturated carbocycles. The molecule has 1 aromatic carbocycles. The normalized spacial score (nSPS) is 11.9. The van der Waals surface area contributed by atoms with E-state index in [1.165, 1.54) is 0 Å². The molecule has 0 atom stereocenters. The summed E-state index contributed by atoms with van der Waals surface area (Å²) in [5.41, 5.74) is 1.89. The maximum absolute atomic E-state index is 11.9. The highest BCUT2D eigenvalue weighted by molar-refractivity contribution is 5.86. The van der Waals surface area contributed by atoms with Crippen molar-refractivity contribution in [1.82, 2.24) is 16.0 Å². The van der Waals surface area contributed by atoms with Gasteiger partial charge in [-0.15, -0.1) is 0 Å². The summed E-state index contributed by atoms with van der Waals surface area (Å²) in [6, 6.07) is 6.08. The Morgan fingerprint density at radius 2 is 1.93 bits per heavy atom. The van der Waals surface area contributed by atoms with E-state index < -0.39 is 0 Å². The number of nitrogens with zero attached hydrogens (tertiary/aromatic N) is 1. The van der Waals surface area contributed by atoms with Gasteiger partial charge in [0.05, 0.1) is 13.2 Å². The molecular formula is C20H34N4O3. The molecule has 0 radical (unpaired) electrons. The zero-order valence-electron chi connectivity index (χ0n) is 17.4. The van der Waals surface area contributed by atoms with Crippen LogP contribution in [0.1, 0.15) is 38.8 Å². The second kappa shape index (κ2) is 11.4. The average molecular weight is 379 g/mol. The van der Waals surface area contributed by atoms with Crippen LogP contribution in [0.3, 0.4) is 0 Å². The van der Waals surface area contributed by atoms with Gasteiger partial charge in [0.2, 0.25) is 5.91 Å². The predicted octanol–water partition coefficient (Wildman–Crippen LogP) is 1.99. The van der Waals surface area contributed by atoms with E-state index in [1.807, 2.05) is 52.8 Å². The van der Waals surface area contributed by atoms with E-state index in [4.69, 9.17) is 9.47 Å². The van der Waals surface area contributed by atoms with Crippen molar-refractivity contribution in [3.8, 4) is 5.75 Å². The van der Waals surface area contributed by atoms with E-state index in [-0.39, 0.29) is 18.0 Å². The summed E-state index contributed by atoms with van der Waals surface area (Å²) in [7, 11) is 1.67. The Bertz CT molecular complexity index is 624. The lowest BCUT2D eigenvalue weighted by Gasteiger charge is -2.21. The van der Waals surface area contributed by atoms with Gasteiger partial charge in [-0.1, -0.05) is 12.1 Å². The molecule has 0 spiro atoms. The van der Waals surface area contributed by atoms with Gasteiger partial charge < -0.3 is 25.4 Å². The molecule has 0 saturated heterocycles. The third kappa shape index (κ3) is 9.84. The van der Waals surface area contributed by atoms with Crippen molar-refractivity contribution in [3.63, 3.8) is 0 Å². The molecule has 0 aliphatic rings. The SMILES string of the molecule is CCOCCOc1cc(C)ccc1CNC(=NC)NCC(=O)NC(C)(C)C. The van der Waals surface area contributed by atoms with E-state index in [0.717, 1.165) is 16.9 Å². The zero-order chi connectivity index (χ0) is 20.3. The van der Waals surface area contributed by atoms with Crippen LogP contribution in [0.25, 0.3) is 0 Å². The Kier molecular flexibility index (Phi) is 9.64. The monoisotopic (exact) mass is 378 g/mol. The van der Waals surface area contributed by atoms with Crippen molar-refractivity contribution in [2.24, 2.45) is 4.99 Å². The summed E-state index contributed by atoms with van der Waals surface area (Å²) in [6.07, 6.45) is 0. The number of hydrogen-bond donors (Lipinski definition) is 3. The standard InChI is InChI=1S/C20H34N4O3/c1-7-26-10-11-27-17-12-15(2)8-9-16(17)13-22-19(21-6)23-14-18(25)24-20(3,4)5/h8-9,12H,7,10-11,13-14H2,1-6H3,(H,24,25)(H2,21,22,23). The molecule has 27 heavy (non-hydrogen) atoms. The molecule has 0 aliphatic carbocycles. The second-order valence-corrected chi connectivity index (χ2v) is 7.23. The maximum atomic E-state index is 11.9. The molecular weight excluding hydrogens is 344 g/mol. The lowest BCUT2D eigenvalue weighted by molar-refractivity contribution is -0.121. The quantitative estimate of drug-likeness (QED) is 0.348. The van der Waals surface area contributed by atoms with E-state index in [1.54, 1.807) is 7.05 Å². The Labute approximate surface area is 162 Å². The molecule has 3 N–H and O–H groups in total. The summed E-state index contributed by atoms with van der Waals surface area (Å²) < 4.78 is 11.2. The predicted molar refractivity (Wildman–Crippen MR) is 109 cm³/mol. The van der Waals surface area contributed by atoms with E-state index in [2.05, 4.69) is 20.9 Å². The topological polar surface area (TPSA) is 84.0 Å². The summed E-state index contributed by atoms with van der Waals surface area (Å²) >= 11 is 0. The number of benzene rings is 1. The van der Waals surface area contributed by atoms with Gasteiger partial charge in [-0.2, -0.15) is 0 Å². The first-order chi connectivity index (χ1) is 12.7. The Morgan fingerprint density at radius 1 is 1.19 bits per heavy atom. The molecule has 0 aromatic heterocycles. The number of rotatable bonds is 9. The molecule has 0 bridgehead atoms. The van der Waals surface area contributed by atoms with Crippen LogP contribution in [0.5, 0.6) is 5.75 Å². The minimum atomic E-state index is -0.259. The molecule has 7 nitrogen and oxygen atoms in total. The molecule has 0 fully saturated rings. The molecule has 1 rings (SSSR count). The van der Waals surface area contributed by atoms with E-state index in [9.17, 15) is 4.79 Å². The fourth-order valence-corrected chi connectivity index (χ4v) is 2.32. The molecule has 1 aromatic rings. The van der Waals surface area contributed by atoms with Gasteiger partial charge in [-0.3, -0.25) is 9.79 Å². The van der Waals surface area contributed by atoms with E-state index >= 15 is 0 Å². The smallest absolute Gasteiger partial charge is 0.239 e. The van der Waals surface area contributed by atoms with Crippen LogP contribution in [0, 0.1) is 6.92 Å². The van der Waals surface area contributed by atoms with Crippen molar-refractivity contribution < 1.29 is 14.3 Å². The maximum Gasteiger partial charge on any atom is 0.239 e. The van der Waals surface area contributed by atoms with Crippen LogP contribution in [0.15, 0.2) is 23.2 Å². The second-order valence-electron chi connectivity index (χ2n) is 7.23. The Balaban J connectivity index is 2.57. The van der Waals surface area contributed by atoms with Crippen molar-refractivity contribution in [1.29, 1.82) is 0 Å². The van der Waals surface area contributed by atoms with Crippen LogP contribution < -0.4 is 20.7 Å². The number of hydrogen-bond acceptors (Lipinski definition) is 4. The highest BCUT2D eigenvalue weighted by Crippen LogP contribution is 2.20. The van der Waals surface area contributed by atoms with Crippen molar-refractivity contribution in [3.05, 3.63) is 29.3 Å². The number of aryl methyl sites for hydroxylation is 1. The largest absolute Gasteiger partial charge is 0.491 e. The lowest BCUT2D eigenvalue weighted by Crippen LogP contribution is -2.48. The van der Waals surface area contributed by atoms with Gasteiger partial charge in [-0.25, -0.2) is 0 Å². The number of amides is 1. The van der Waals surface area contributed by atoms with Crippen LogP contribution in [-0.2, 0) is 16.1 Å². The average Bonchev–Trinajstić information content (AvgIpc) is 2.58. The van der Waals surface area contributed by atoms with Crippen molar-refractivity contribution in [2.75, 3.05) is 33.4 Å². The van der Waals surface area contributed by atoms with Gasteiger partial charge >= 0.3 is 0 Å². The summed E-state index contributed by atoms with van der Waals surface area (Å²) in [5, 5.41) is 9.14. The van der Waals surface area contributed by atoms with Crippen LogP contribution in [-0.4, -0.2) is 50.8 Å². The first-order valence-corrected chi connectivity index (χ1v) is 9.30. The minimum Gasteiger partial charge on any atom is -0.491 e. The van der Waals surface area contributed by atoms with E-state index in [0.29, 0.717) is 32.3 Å². The highest BCUT2D eigenvalue weighted by atomic mass is 16.5. The first kappa shape index (κ1) is 22.8. The third-order valence-corrected chi connectivity index (χ3v) is 3.51. The number of carbonyl (C=O) groups is 1. The summed E-state index contributed by atoms with van der Waals surface area (Å²) in [5.74, 6) is 1.30. The Morgan fingerprint density at radius 3 is 2.56 bits per heavy atom. The number of ether oxygens (including phenoxy) is 2. The molecule has 0 aliphatic heterocycles. The van der Waals surface area contributed by atoms with Gasteiger partial charge in [0, 0.05) is 31.3 Å². The fraction of sp³-hybridized carbons (Fsp3) is 0.600. The van der Waals surface area contributed by atoms with Crippen LogP contribution >= 0.6 is 0 Å². The molecule has 7 heteroatoms. The minimum absolute atomic E-state index is 0.0827. The molecule has 0 unspecified atom stereocenters. The molecule has 0 heterocycles. The number of carbonyl (C=O) groups excluding carboxylic acids is 1. The Hall–Kier alpha value is -2.28. The van der Waals surface area contributed by atoms with Crippen LogP contribution in [0.4, 0.5) is 0 Å². The third-order valence-electron chi connectivity index (χ3n) is 3.51. The number of guanidine groups is 1. The van der Waals surface area contributed by atoms with Gasteiger partial charge in [0.15, 0.2) is 5.96 Å². The van der Waals surface area contributed by atoms with Gasteiger partial charge in [0.25, 0.3) is 0 Å². The van der Waals surface area contributed by atoms with Crippen molar-refractivity contribution >= 4 is 11.9 Å². The zero-order valence-corrected chi connectivity index (χ0v) is 17.4. The van der Waals surface area contributed by atoms with Crippen LogP contribution in [0.2, 0.25) is 0 Å². The number of nitrogens with one attached hydrogen (secondary N) is 3. The summed E-state index contributed by atoms with van der Waals surface area (Å²) in [4.78, 5) is 16.1. The van der Waals surface area contributed by atoms with Gasteiger partial charge in [-0.05, 0) is 46.2 Å².